The summed E-state index contributed by atoms with van der Waals surface area (Å²) >= 11 is 0. The lowest BCUT2D eigenvalue weighted by Gasteiger charge is -2.37. The molecule has 1 aromatic heterocycles. The van der Waals surface area contributed by atoms with Crippen molar-refractivity contribution in [1.82, 2.24) is 9.88 Å². The van der Waals surface area contributed by atoms with Crippen molar-refractivity contribution in [2.75, 3.05) is 37.6 Å². The molecule has 0 saturated carbocycles. The fourth-order valence-corrected chi connectivity index (χ4v) is 3.08. The van der Waals surface area contributed by atoms with Crippen LogP contribution in [-0.4, -0.2) is 55.0 Å². The fourth-order valence-electron chi connectivity index (χ4n) is 3.08. The molecule has 0 atom stereocenters. The Balaban J connectivity index is 1.77. The van der Waals surface area contributed by atoms with Crippen LogP contribution < -0.4 is 4.90 Å². The molecule has 3 rings (SSSR count). The first kappa shape index (κ1) is 17.8. The SMILES string of the molecule is Cc1cc(N2CCN(CC(F)(F)C(F)F)CC2)c2cc(F)ccc2n1. The largest absolute Gasteiger partial charge is 0.368 e. The number of pyridine rings is 1. The highest BCUT2D eigenvalue weighted by molar-refractivity contribution is 5.92. The van der Waals surface area contributed by atoms with Crippen molar-refractivity contribution in [3.8, 4) is 0 Å². The van der Waals surface area contributed by atoms with Gasteiger partial charge in [-0.25, -0.2) is 13.2 Å². The Kier molecular flexibility index (Phi) is 4.81. The Hall–Kier alpha value is -1.96. The van der Waals surface area contributed by atoms with E-state index in [1.54, 1.807) is 6.07 Å². The molecule has 1 fully saturated rings. The van der Waals surface area contributed by atoms with Crippen molar-refractivity contribution in [1.29, 1.82) is 0 Å². The average Bonchev–Trinajstić information content (AvgIpc) is 2.55. The zero-order valence-electron chi connectivity index (χ0n) is 13.7. The molecule has 3 nitrogen and oxygen atoms in total. The van der Waals surface area contributed by atoms with Gasteiger partial charge in [0.05, 0.1) is 12.1 Å². The standard InChI is InChI=1S/C17H18F5N3/c1-11-8-15(13-9-12(18)2-3-14(13)23-11)25-6-4-24(5-7-25)10-17(21,22)16(19)20/h2-3,8-9,16H,4-7,10H2,1H3. The number of alkyl halides is 4. The number of aromatic nitrogens is 1. The summed E-state index contributed by atoms with van der Waals surface area (Å²) in [7, 11) is 0. The molecule has 136 valence electrons. The van der Waals surface area contributed by atoms with E-state index in [0.29, 0.717) is 24.0 Å². The molecule has 0 spiro atoms. The van der Waals surface area contributed by atoms with Crippen LogP contribution in [-0.2, 0) is 0 Å². The zero-order valence-corrected chi connectivity index (χ0v) is 13.7. The van der Waals surface area contributed by atoms with E-state index >= 15 is 0 Å². The van der Waals surface area contributed by atoms with Crippen molar-refractivity contribution >= 4 is 16.6 Å². The van der Waals surface area contributed by atoms with E-state index < -0.39 is 18.9 Å². The van der Waals surface area contributed by atoms with E-state index in [-0.39, 0.29) is 18.9 Å². The predicted molar refractivity (Wildman–Crippen MR) is 86.0 cm³/mol. The van der Waals surface area contributed by atoms with E-state index in [0.717, 1.165) is 11.4 Å². The lowest BCUT2D eigenvalue weighted by Crippen LogP contribution is -2.51. The third-order valence-corrected chi connectivity index (χ3v) is 4.34. The van der Waals surface area contributed by atoms with Crippen molar-refractivity contribution in [3.63, 3.8) is 0 Å². The number of halogens is 5. The highest BCUT2D eigenvalue weighted by Crippen LogP contribution is 2.29. The molecule has 2 aromatic rings. The molecule has 1 saturated heterocycles. The van der Waals surface area contributed by atoms with Crippen LogP contribution in [0.5, 0.6) is 0 Å². The topological polar surface area (TPSA) is 19.4 Å². The first-order chi connectivity index (χ1) is 11.8. The Morgan fingerprint density at radius 2 is 1.80 bits per heavy atom. The number of nitrogens with zero attached hydrogens (tertiary/aromatic N) is 3. The van der Waals surface area contributed by atoms with E-state index in [2.05, 4.69) is 4.98 Å². The fraction of sp³-hybridized carbons (Fsp3) is 0.471. The Bertz CT molecular complexity index is 757. The van der Waals surface area contributed by atoms with Crippen LogP contribution in [0.2, 0.25) is 0 Å². The summed E-state index contributed by atoms with van der Waals surface area (Å²) in [4.78, 5) is 7.65. The number of hydrogen-bond donors (Lipinski definition) is 0. The van der Waals surface area contributed by atoms with Crippen LogP contribution in [0.15, 0.2) is 24.3 Å². The van der Waals surface area contributed by atoms with Gasteiger partial charge in [0.1, 0.15) is 5.82 Å². The smallest absolute Gasteiger partial charge is 0.319 e. The van der Waals surface area contributed by atoms with Gasteiger partial charge in [-0.3, -0.25) is 9.88 Å². The van der Waals surface area contributed by atoms with Crippen molar-refractivity contribution in [2.24, 2.45) is 0 Å². The first-order valence-electron chi connectivity index (χ1n) is 7.96. The molecule has 25 heavy (non-hydrogen) atoms. The maximum absolute atomic E-state index is 13.6. The van der Waals surface area contributed by atoms with E-state index in [9.17, 15) is 22.0 Å². The predicted octanol–water partition coefficient (Wildman–Crippen LogP) is 3.70. The number of rotatable bonds is 4. The average molecular weight is 359 g/mol. The molecule has 0 unspecified atom stereocenters. The van der Waals surface area contributed by atoms with Crippen LogP contribution in [0, 0.1) is 12.7 Å². The van der Waals surface area contributed by atoms with E-state index in [4.69, 9.17) is 0 Å². The summed E-state index contributed by atoms with van der Waals surface area (Å²) in [6.07, 6.45) is -3.67. The van der Waals surface area contributed by atoms with Gasteiger partial charge < -0.3 is 4.90 Å². The quantitative estimate of drug-likeness (QED) is 0.776. The van der Waals surface area contributed by atoms with Crippen LogP contribution in [0.1, 0.15) is 5.69 Å². The van der Waals surface area contributed by atoms with Crippen molar-refractivity contribution in [2.45, 2.75) is 19.3 Å². The molecule has 1 aromatic carbocycles. The second kappa shape index (κ2) is 6.74. The minimum absolute atomic E-state index is 0.237. The number of hydrogen-bond acceptors (Lipinski definition) is 3. The Labute approximate surface area is 142 Å². The third-order valence-electron chi connectivity index (χ3n) is 4.34. The maximum atomic E-state index is 13.6. The maximum Gasteiger partial charge on any atom is 0.319 e. The van der Waals surface area contributed by atoms with Gasteiger partial charge in [0.2, 0.25) is 0 Å². The molecular formula is C17H18F5N3. The van der Waals surface area contributed by atoms with Crippen LogP contribution >= 0.6 is 0 Å². The van der Waals surface area contributed by atoms with Crippen LogP contribution in [0.25, 0.3) is 10.9 Å². The molecular weight excluding hydrogens is 341 g/mol. The van der Waals surface area contributed by atoms with Gasteiger partial charge in [0.25, 0.3) is 0 Å². The minimum Gasteiger partial charge on any atom is -0.368 e. The number of anilines is 1. The number of piperazine rings is 1. The number of aryl methyl sites for hydroxylation is 1. The molecule has 0 amide bonds. The van der Waals surface area contributed by atoms with Gasteiger partial charge in [0.15, 0.2) is 0 Å². The van der Waals surface area contributed by atoms with Crippen LogP contribution in [0.3, 0.4) is 0 Å². The monoisotopic (exact) mass is 359 g/mol. The lowest BCUT2D eigenvalue weighted by molar-refractivity contribution is -0.142. The minimum atomic E-state index is -4.01. The van der Waals surface area contributed by atoms with E-state index in [1.165, 1.54) is 17.0 Å². The Morgan fingerprint density at radius 1 is 1.12 bits per heavy atom. The van der Waals surface area contributed by atoms with Gasteiger partial charge in [-0.05, 0) is 31.2 Å². The summed E-state index contributed by atoms with van der Waals surface area (Å²) in [5.74, 6) is -4.39. The third kappa shape index (κ3) is 3.84. The van der Waals surface area contributed by atoms with Gasteiger partial charge in [-0.15, -0.1) is 0 Å². The lowest BCUT2D eigenvalue weighted by atomic mass is 10.1. The summed E-state index contributed by atoms with van der Waals surface area (Å²) in [6.45, 7) is 2.14. The molecule has 1 aliphatic rings. The van der Waals surface area contributed by atoms with Gasteiger partial charge >= 0.3 is 12.3 Å². The molecule has 1 aliphatic heterocycles. The highest BCUT2D eigenvalue weighted by Gasteiger charge is 2.42. The summed E-state index contributed by atoms with van der Waals surface area (Å²) in [5.41, 5.74) is 2.20. The number of benzene rings is 1. The molecule has 0 N–H and O–H groups in total. The second-order valence-electron chi connectivity index (χ2n) is 6.27. The van der Waals surface area contributed by atoms with Gasteiger partial charge in [-0.1, -0.05) is 0 Å². The molecule has 8 heteroatoms. The van der Waals surface area contributed by atoms with E-state index in [1.807, 2.05) is 17.9 Å². The van der Waals surface area contributed by atoms with Gasteiger partial charge in [-0.2, -0.15) is 8.78 Å². The normalized spacial score (nSPS) is 16.8. The molecule has 0 aliphatic carbocycles. The zero-order chi connectivity index (χ0) is 18.2. The van der Waals surface area contributed by atoms with Crippen molar-refractivity contribution in [3.05, 3.63) is 35.8 Å². The highest BCUT2D eigenvalue weighted by atomic mass is 19.3. The summed E-state index contributed by atoms with van der Waals surface area (Å²) < 4.78 is 64.7. The van der Waals surface area contributed by atoms with Crippen molar-refractivity contribution < 1.29 is 22.0 Å². The molecule has 0 radical (unpaired) electrons. The van der Waals surface area contributed by atoms with Crippen LogP contribution in [0.4, 0.5) is 27.6 Å². The number of fused-ring (bicyclic) bond motifs is 1. The van der Waals surface area contributed by atoms with Gasteiger partial charge in [0, 0.05) is 42.9 Å². The molecule has 0 bridgehead atoms. The molecule has 2 heterocycles. The summed E-state index contributed by atoms with van der Waals surface area (Å²) in [6, 6.07) is 6.16. The summed E-state index contributed by atoms with van der Waals surface area (Å²) in [5, 5.41) is 0.650. The Morgan fingerprint density at radius 3 is 2.44 bits per heavy atom. The second-order valence-corrected chi connectivity index (χ2v) is 6.27. The first-order valence-corrected chi connectivity index (χ1v) is 7.96.